The molecule has 12 heavy (non-hydrogen) atoms. The summed E-state index contributed by atoms with van der Waals surface area (Å²) in [5.41, 5.74) is 0.367. The van der Waals surface area contributed by atoms with Gasteiger partial charge in [0.15, 0.2) is 0 Å². The second-order valence-electron chi connectivity index (χ2n) is 2.44. The smallest absolute Gasteiger partial charge is 0.144 e. The van der Waals surface area contributed by atoms with Gasteiger partial charge in [0.05, 0.1) is 6.07 Å². The van der Waals surface area contributed by atoms with Crippen LogP contribution in [0.1, 0.15) is 5.56 Å². The zero-order chi connectivity index (χ0) is 8.97. The van der Waals surface area contributed by atoms with Gasteiger partial charge in [0.2, 0.25) is 0 Å². The molecule has 1 N–H and O–H groups in total. The third-order valence-corrected chi connectivity index (χ3v) is 1.52. The minimum atomic E-state index is -1.12. The number of hydrogen-bond acceptors (Lipinski definition) is 2. The van der Waals surface area contributed by atoms with Crippen LogP contribution in [0.2, 0.25) is 0 Å². The molecule has 0 spiro atoms. The van der Waals surface area contributed by atoms with Gasteiger partial charge in [-0.2, -0.15) is 5.26 Å². The van der Waals surface area contributed by atoms with Crippen molar-refractivity contribution in [2.45, 2.75) is 12.5 Å². The van der Waals surface area contributed by atoms with Gasteiger partial charge in [-0.25, -0.2) is 4.39 Å². The Morgan fingerprint density at radius 2 is 2.17 bits per heavy atom. The minimum absolute atomic E-state index is 0.0448. The molecule has 1 rings (SSSR count). The lowest BCUT2D eigenvalue weighted by atomic mass is 10.1. The number of aliphatic hydroxyl groups excluding tert-OH is 1. The van der Waals surface area contributed by atoms with E-state index >= 15 is 0 Å². The average molecular weight is 165 g/mol. The maximum Gasteiger partial charge on any atom is 0.144 e. The van der Waals surface area contributed by atoms with Crippen LogP contribution in [0, 0.1) is 17.1 Å². The van der Waals surface area contributed by atoms with Crippen molar-refractivity contribution in [2.24, 2.45) is 0 Å². The molecule has 1 atom stereocenters. The van der Waals surface area contributed by atoms with Gasteiger partial charge in [-0.1, -0.05) is 18.2 Å². The predicted molar refractivity (Wildman–Crippen MR) is 41.7 cm³/mol. The van der Waals surface area contributed by atoms with Crippen molar-refractivity contribution in [1.82, 2.24) is 0 Å². The summed E-state index contributed by atoms with van der Waals surface area (Å²) in [5, 5.41) is 17.2. The summed E-state index contributed by atoms with van der Waals surface area (Å²) in [4.78, 5) is 0. The summed E-state index contributed by atoms with van der Waals surface area (Å²) in [7, 11) is 0. The third kappa shape index (κ3) is 2.04. The number of hydrogen-bond donors (Lipinski definition) is 1. The van der Waals surface area contributed by atoms with E-state index in [2.05, 4.69) is 0 Å². The first kappa shape index (κ1) is 8.69. The lowest BCUT2D eigenvalue weighted by Crippen LogP contribution is -2.07. The van der Waals surface area contributed by atoms with Crippen LogP contribution in [0.5, 0.6) is 0 Å². The summed E-state index contributed by atoms with van der Waals surface area (Å²) in [6.45, 7) is 0. The van der Waals surface area contributed by atoms with Crippen molar-refractivity contribution in [2.75, 3.05) is 0 Å². The zero-order valence-corrected chi connectivity index (χ0v) is 6.37. The van der Waals surface area contributed by atoms with Crippen LogP contribution in [0.25, 0.3) is 0 Å². The number of rotatable bonds is 2. The Balaban J connectivity index is 2.77. The normalized spacial score (nSPS) is 12.1. The monoisotopic (exact) mass is 165 g/mol. The van der Waals surface area contributed by atoms with Crippen molar-refractivity contribution >= 4 is 0 Å². The fourth-order valence-electron chi connectivity index (χ4n) is 0.918. The molecule has 1 aromatic rings. The number of halogens is 1. The Morgan fingerprint density at radius 3 is 2.75 bits per heavy atom. The van der Waals surface area contributed by atoms with Crippen molar-refractivity contribution in [3.63, 3.8) is 0 Å². The number of benzene rings is 1. The number of aliphatic hydroxyl groups is 1. The van der Waals surface area contributed by atoms with Crippen molar-refractivity contribution < 1.29 is 9.50 Å². The Kier molecular flexibility index (Phi) is 2.78. The maximum atomic E-state index is 12.9. The van der Waals surface area contributed by atoms with Crippen molar-refractivity contribution in [3.05, 3.63) is 35.6 Å². The number of nitrogens with zero attached hydrogens (tertiary/aromatic N) is 1. The first-order valence-electron chi connectivity index (χ1n) is 3.55. The molecule has 0 heterocycles. The van der Waals surface area contributed by atoms with Crippen LogP contribution in [0.3, 0.4) is 0 Å². The minimum Gasteiger partial charge on any atom is -0.378 e. The molecule has 0 radical (unpaired) electrons. The van der Waals surface area contributed by atoms with E-state index in [0.717, 1.165) is 0 Å². The van der Waals surface area contributed by atoms with Crippen LogP contribution in [-0.4, -0.2) is 11.2 Å². The SMILES string of the molecule is N#C[C@@H](O)Cc1ccccc1F. The highest BCUT2D eigenvalue weighted by molar-refractivity contribution is 5.19. The van der Waals surface area contributed by atoms with Gasteiger partial charge >= 0.3 is 0 Å². The molecule has 3 heteroatoms. The van der Waals surface area contributed by atoms with E-state index in [1.807, 2.05) is 0 Å². The van der Waals surface area contributed by atoms with Gasteiger partial charge in [-0.15, -0.1) is 0 Å². The first-order valence-corrected chi connectivity index (χ1v) is 3.55. The van der Waals surface area contributed by atoms with E-state index in [0.29, 0.717) is 5.56 Å². The van der Waals surface area contributed by atoms with Crippen LogP contribution >= 0.6 is 0 Å². The third-order valence-electron chi connectivity index (χ3n) is 1.52. The molecule has 0 aliphatic heterocycles. The molecule has 62 valence electrons. The van der Waals surface area contributed by atoms with Gasteiger partial charge in [0, 0.05) is 6.42 Å². The summed E-state index contributed by atoms with van der Waals surface area (Å²) >= 11 is 0. The lowest BCUT2D eigenvalue weighted by Gasteiger charge is -2.02. The molecule has 1 aromatic carbocycles. The highest BCUT2D eigenvalue weighted by atomic mass is 19.1. The largest absolute Gasteiger partial charge is 0.378 e. The molecule has 0 aromatic heterocycles. The molecular weight excluding hydrogens is 157 g/mol. The van der Waals surface area contributed by atoms with Crippen LogP contribution in [0.15, 0.2) is 24.3 Å². The molecule has 0 amide bonds. The van der Waals surface area contributed by atoms with E-state index < -0.39 is 6.10 Å². The first-order chi connectivity index (χ1) is 5.74. The Bertz CT molecular complexity index is 306. The van der Waals surface area contributed by atoms with Gasteiger partial charge in [-0.3, -0.25) is 0 Å². The zero-order valence-electron chi connectivity index (χ0n) is 6.37. The molecule has 0 bridgehead atoms. The van der Waals surface area contributed by atoms with Gasteiger partial charge in [-0.05, 0) is 11.6 Å². The summed E-state index contributed by atoms with van der Waals surface area (Å²) in [6.07, 6.45) is -1.08. The van der Waals surface area contributed by atoms with E-state index in [-0.39, 0.29) is 12.2 Å². The molecule has 0 unspecified atom stereocenters. The summed E-state index contributed by atoms with van der Waals surface area (Å²) in [6, 6.07) is 7.72. The molecule has 0 aliphatic carbocycles. The Hall–Kier alpha value is -1.40. The average Bonchev–Trinajstić information content (AvgIpc) is 2.09. The van der Waals surface area contributed by atoms with Crippen LogP contribution in [0.4, 0.5) is 4.39 Å². The fraction of sp³-hybridized carbons (Fsp3) is 0.222. The number of nitriles is 1. The van der Waals surface area contributed by atoms with Crippen molar-refractivity contribution in [3.8, 4) is 6.07 Å². The van der Waals surface area contributed by atoms with Crippen LogP contribution in [-0.2, 0) is 6.42 Å². The fourth-order valence-corrected chi connectivity index (χ4v) is 0.918. The van der Waals surface area contributed by atoms with E-state index in [9.17, 15) is 4.39 Å². The highest BCUT2D eigenvalue weighted by Crippen LogP contribution is 2.08. The summed E-state index contributed by atoms with van der Waals surface area (Å²) in [5.74, 6) is -0.383. The molecular formula is C9H8FNO. The molecule has 2 nitrogen and oxygen atoms in total. The quantitative estimate of drug-likeness (QED) is 0.670. The Morgan fingerprint density at radius 1 is 1.50 bits per heavy atom. The van der Waals surface area contributed by atoms with E-state index in [1.54, 1.807) is 24.3 Å². The molecule has 0 aliphatic rings. The Labute approximate surface area is 69.9 Å². The van der Waals surface area contributed by atoms with Crippen molar-refractivity contribution in [1.29, 1.82) is 5.26 Å². The summed E-state index contributed by atoms with van der Waals surface area (Å²) < 4.78 is 12.9. The molecule has 0 fully saturated rings. The standard InChI is InChI=1S/C9H8FNO/c10-9-4-2-1-3-7(9)5-8(12)6-11/h1-4,8,12H,5H2/t8-/m0/s1. The van der Waals surface area contributed by atoms with Gasteiger partial charge in [0.1, 0.15) is 11.9 Å². The molecule has 0 saturated heterocycles. The second-order valence-corrected chi connectivity index (χ2v) is 2.44. The lowest BCUT2D eigenvalue weighted by molar-refractivity contribution is 0.229. The molecule has 0 saturated carbocycles. The van der Waals surface area contributed by atoms with Gasteiger partial charge < -0.3 is 5.11 Å². The van der Waals surface area contributed by atoms with Gasteiger partial charge in [0.25, 0.3) is 0 Å². The van der Waals surface area contributed by atoms with Crippen LogP contribution < -0.4 is 0 Å². The highest BCUT2D eigenvalue weighted by Gasteiger charge is 2.06. The predicted octanol–water partition coefficient (Wildman–Crippen LogP) is 1.25. The van der Waals surface area contributed by atoms with E-state index in [1.165, 1.54) is 6.07 Å². The van der Waals surface area contributed by atoms with E-state index in [4.69, 9.17) is 10.4 Å². The second kappa shape index (κ2) is 3.84. The topological polar surface area (TPSA) is 44.0 Å². The maximum absolute atomic E-state index is 12.9.